The highest BCUT2D eigenvalue weighted by atomic mass is 35.5. The minimum atomic E-state index is -0.697. The molecular formula is C24H22ClFN6O2. The van der Waals surface area contributed by atoms with Gasteiger partial charge in [0.2, 0.25) is 0 Å². The maximum Gasteiger partial charge on any atom is 0.259 e. The first-order valence-electron chi connectivity index (χ1n) is 10.3. The Labute approximate surface area is 201 Å². The Morgan fingerprint density at radius 3 is 2.65 bits per heavy atom. The van der Waals surface area contributed by atoms with Gasteiger partial charge in [0.05, 0.1) is 5.56 Å². The number of carbonyl (C=O) groups excluding carboxylic acids is 2. The average Bonchev–Trinajstić information content (AvgIpc) is 3.31. The summed E-state index contributed by atoms with van der Waals surface area (Å²) in [5.41, 5.74) is 1.15. The molecule has 0 fully saturated rings. The Hall–Kier alpha value is -3.98. The minimum Gasteiger partial charge on any atom is -0.310 e. The Balaban J connectivity index is 0.00000324. The van der Waals surface area contributed by atoms with Crippen molar-refractivity contribution < 1.29 is 14.0 Å². The number of amides is 1. The van der Waals surface area contributed by atoms with Crippen LogP contribution in [-0.2, 0) is 6.42 Å². The first-order valence-corrected chi connectivity index (χ1v) is 10.3. The van der Waals surface area contributed by atoms with E-state index in [2.05, 4.69) is 25.5 Å². The Kier molecular flexibility index (Phi) is 7.80. The van der Waals surface area contributed by atoms with Crippen molar-refractivity contribution in [3.63, 3.8) is 0 Å². The second kappa shape index (κ2) is 10.8. The molecule has 1 N–H and O–H groups in total. The van der Waals surface area contributed by atoms with E-state index in [0.29, 0.717) is 22.8 Å². The number of Topliss-reactive ketones (excluding diaryl/α,β-unsaturated/α-hetero) is 1. The van der Waals surface area contributed by atoms with E-state index in [1.165, 1.54) is 24.4 Å². The van der Waals surface area contributed by atoms with Crippen LogP contribution in [0.5, 0.6) is 0 Å². The van der Waals surface area contributed by atoms with Gasteiger partial charge in [-0.2, -0.15) is 0 Å². The monoisotopic (exact) mass is 480 g/mol. The molecule has 0 bridgehead atoms. The fourth-order valence-electron chi connectivity index (χ4n) is 3.28. The van der Waals surface area contributed by atoms with E-state index in [-0.39, 0.29) is 42.0 Å². The number of nitrogens with one attached hydrogen (secondary N) is 1. The van der Waals surface area contributed by atoms with Gasteiger partial charge in [-0.1, -0.05) is 18.2 Å². The highest BCUT2D eigenvalue weighted by molar-refractivity contribution is 6.04. The topological polar surface area (TPSA) is 103 Å². The molecule has 0 radical (unpaired) electrons. The predicted octanol–water partition coefficient (Wildman–Crippen LogP) is 4.55. The zero-order valence-corrected chi connectivity index (χ0v) is 19.3. The lowest BCUT2D eigenvalue weighted by atomic mass is 10.0. The lowest BCUT2D eigenvalue weighted by Crippen LogP contribution is -2.16. The lowest BCUT2D eigenvalue weighted by Gasteiger charge is -2.11. The number of ketones is 1. The van der Waals surface area contributed by atoms with E-state index in [1.54, 1.807) is 42.7 Å². The average molecular weight is 481 g/mol. The molecule has 4 rings (SSSR count). The molecule has 0 saturated carbocycles. The standard InChI is InChI=1S/C24H21FN6O2.ClH/c1-15(2)31-14-27-30-23(31)20-7-5-8-22(28-20)29-24(33)17-12-16(9-10-18(17)25)13-21(32)19-6-3-4-11-26-19;/h3-12,14-15H,13H2,1-2H3,(H,28,29,33);1H. The van der Waals surface area contributed by atoms with E-state index < -0.39 is 11.7 Å². The Morgan fingerprint density at radius 2 is 1.91 bits per heavy atom. The zero-order chi connectivity index (χ0) is 23.4. The highest BCUT2D eigenvalue weighted by Gasteiger charge is 2.17. The van der Waals surface area contributed by atoms with Gasteiger partial charge >= 0.3 is 0 Å². The number of benzene rings is 1. The maximum absolute atomic E-state index is 14.4. The molecule has 0 spiro atoms. The van der Waals surface area contributed by atoms with Crippen molar-refractivity contribution in [1.82, 2.24) is 24.7 Å². The summed E-state index contributed by atoms with van der Waals surface area (Å²) in [4.78, 5) is 33.7. The van der Waals surface area contributed by atoms with Crippen molar-refractivity contribution in [3.8, 4) is 11.5 Å². The van der Waals surface area contributed by atoms with Crippen LogP contribution in [0.15, 0.2) is 67.1 Å². The molecule has 3 aromatic heterocycles. The molecule has 174 valence electrons. The molecule has 34 heavy (non-hydrogen) atoms. The molecule has 3 heterocycles. The summed E-state index contributed by atoms with van der Waals surface area (Å²) in [6, 6.07) is 14.3. The quantitative estimate of drug-likeness (QED) is 0.389. The van der Waals surface area contributed by atoms with E-state index >= 15 is 0 Å². The molecule has 0 aliphatic carbocycles. The van der Waals surface area contributed by atoms with Crippen LogP contribution in [0.1, 0.15) is 46.3 Å². The van der Waals surface area contributed by atoms with Gasteiger partial charge < -0.3 is 9.88 Å². The highest BCUT2D eigenvalue weighted by Crippen LogP contribution is 2.21. The zero-order valence-electron chi connectivity index (χ0n) is 18.5. The molecule has 0 aliphatic rings. The van der Waals surface area contributed by atoms with Gasteiger partial charge in [-0.15, -0.1) is 22.6 Å². The maximum atomic E-state index is 14.4. The lowest BCUT2D eigenvalue weighted by molar-refractivity contribution is 0.0984. The van der Waals surface area contributed by atoms with Crippen LogP contribution >= 0.6 is 12.4 Å². The Morgan fingerprint density at radius 1 is 1.09 bits per heavy atom. The first-order chi connectivity index (χ1) is 15.9. The van der Waals surface area contributed by atoms with E-state index in [4.69, 9.17) is 0 Å². The normalized spacial score (nSPS) is 10.6. The summed E-state index contributed by atoms with van der Waals surface area (Å²) in [6.45, 7) is 3.99. The van der Waals surface area contributed by atoms with Gasteiger partial charge in [-0.25, -0.2) is 9.37 Å². The van der Waals surface area contributed by atoms with Crippen molar-refractivity contribution in [2.45, 2.75) is 26.3 Å². The predicted molar refractivity (Wildman–Crippen MR) is 128 cm³/mol. The van der Waals surface area contributed by atoms with E-state index in [9.17, 15) is 14.0 Å². The Bertz CT molecular complexity index is 1310. The van der Waals surface area contributed by atoms with E-state index in [1.807, 2.05) is 18.4 Å². The second-order valence-corrected chi connectivity index (χ2v) is 7.65. The van der Waals surface area contributed by atoms with Crippen LogP contribution in [0.25, 0.3) is 11.5 Å². The fourth-order valence-corrected chi connectivity index (χ4v) is 3.28. The van der Waals surface area contributed by atoms with E-state index in [0.717, 1.165) is 0 Å². The van der Waals surface area contributed by atoms with Gasteiger partial charge in [-0.05, 0) is 55.8 Å². The molecule has 1 aromatic carbocycles. The molecule has 0 aliphatic heterocycles. The van der Waals surface area contributed by atoms with Crippen LogP contribution in [0, 0.1) is 5.82 Å². The first kappa shape index (κ1) is 24.7. The molecule has 0 atom stereocenters. The summed E-state index contributed by atoms with van der Waals surface area (Å²) in [6.07, 6.45) is 3.14. The number of nitrogens with zero attached hydrogens (tertiary/aromatic N) is 5. The van der Waals surface area contributed by atoms with Crippen LogP contribution < -0.4 is 5.32 Å². The van der Waals surface area contributed by atoms with Crippen LogP contribution in [0.3, 0.4) is 0 Å². The molecule has 4 aromatic rings. The van der Waals surface area contributed by atoms with Gasteiger partial charge in [-0.3, -0.25) is 14.6 Å². The molecular weight excluding hydrogens is 459 g/mol. The summed E-state index contributed by atoms with van der Waals surface area (Å²) in [7, 11) is 0. The van der Waals surface area contributed by atoms with Crippen molar-refractivity contribution in [3.05, 3.63) is 89.8 Å². The third-order valence-electron chi connectivity index (χ3n) is 4.94. The SMILES string of the molecule is CC(C)n1cnnc1-c1cccc(NC(=O)c2cc(CC(=O)c3ccccn3)ccc2F)n1.Cl. The number of pyridine rings is 2. The van der Waals surface area contributed by atoms with Crippen LogP contribution in [0.2, 0.25) is 0 Å². The smallest absolute Gasteiger partial charge is 0.259 e. The van der Waals surface area contributed by atoms with Crippen LogP contribution in [-0.4, -0.2) is 36.4 Å². The van der Waals surface area contributed by atoms with Crippen molar-refractivity contribution in [2.24, 2.45) is 0 Å². The van der Waals surface area contributed by atoms with Gasteiger partial charge in [0.1, 0.15) is 29.4 Å². The number of rotatable bonds is 7. The summed E-state index contributed by atoms with van der Waals surface area (Å²) < 4.78 is 16.3. The number of aromatic nitrogens is 5. The summed E-state index contributed by atoms with van der Waals surface area (Å²) in [5, 5.41) is 10.7. The molecule has 8 nitrogen and oxygen atoms in total. The van der Waals surface area contributed by atoms with Gasteiger partial charge in [0.25, 0.3) is 5.91 Å². The third kappa shape index (κ3) is 5.49. The summed E-state index contributed by atoms with van der Waals surface area (Å²) >= 11 is 0. The minimum absolute atomic E-state index is 0. The van der Waals surface area contributed by atoms with Crippen LogP contribution in [0.4, 0.5) is 10.2 Å². The van der Waals surface area contributed by atoms with Crippen molar-refractivity contribution in [2.75, 3.05) is 5.32 Å². The van der Waals surface area contributed by atoms with Crippen molar-refractivity contribution >= 4 is 29.9 Å². The number of carbonyl (C=O) groups is 2. The second-order valence-electron chi connectivity index (χ2n) is 7.65. The molecule has 10 heteroatoms. The van der Waals surface area contributed by atoms with Gasteiger partial charge in [0.15, 0.2) is 11.6 Å². The number of hydrogen-bond donors (Lipinski definition) is 1. The largest absolute Gasteiger partial charge is 0.310 e. The number of hydrogen-bond acceptors (Lipinski definition) is 6. The molecule has 1 amide bonds. The molecule has 0 saturated heterocycles. The van der Waals surface area contributed by atoms with Gasteiger partial charge in [0, 0.05) is 18.7 Å². The van der Waals surface area contributed by atoms with Crippen molar-refractivity contribution in [1.29, 1.82) is 0 Å². The third-order valence-corrected chi connectivity index (χ3v) is 4.94. The number of anilines is 1. The molecule has 0 unspecified atom stereocenters. The fraction of sp³-hybridized carbons (Fsp3) is 0.167. The number of halogens is 2. The summed E-state index contributed by atoms with van der Waals surface area (Å²) in [5.74, 6) is -0.795.